The van der Waals surface area contributed by atoms with Crippen molar-refractivity contribution in [2.75, 3.05) is 13.1 Å². The fourth-order valence-corrected chi connectivity index (χ4v) is 3.08. The molecule has 0 amide bonds. The van der Waals surface area contributed by atoms with E-state index in [0.29, 0.717) is 6.04 Å². The highest BCUT2D eigenvalue weighted by Crippen LogP contribution is 2.26. The van der Waals surface area contributed by atoms with E-state index in [2.05, 4.69) is 29.2 Å². The molecule has 2 N–H and O–H groups in total. The number of hydrogen-bond donors (Lipinski definition) is 1. The van der Waals surface area contributed by atoms with Gasteiger partial charge in [0.05, 0.1) is 0 Å². The molecule has 2 nitrogen and oxygen atoms in total. The van der Waals surface area contributed by atoms with Gasteiger partial charge in [0.15, 0.2) is 0 Å². The standard InChI is InChI=1S/C14H20N2.2ClH/c15-13-5-7-16(8-6-13)14-9-11-3-1-2-4-12(11)10-14;;/h1-4,13-14H,5-10,15H2;2*1H. The fraction of sp³-hybridized carbons (Fsp3) is 0.571. The van der Waals surface area contributed by atoms with Crippen molar-refractivity contribution in [3.05, 3.63) is 35.4 Å². The summed E-state index contributed by atoms with van der Waals surface area (Å²) < 4.78 is 0. The van der Waals surface area contributed by atoms with Gasteiger partial charge in [0.25, 0.3) is 0 Å². The van der Waals surface area contributed by atoms with E-state index in [-0.39, 0.29) is 24.8 Å². The second kappa shape index (κ2) is 6.76. The zero-order valence-electron chi connectivity index (χ0n) is 10.5. The molecule has 3 rings (SSSR count). The zero-order chi connectivity index (χ0) is 11.0. The van der Waals surface area contributed by atoms with E-state index in [1.54, 1.807) is 11.1 Å². The first-order chi connectivity index (χ1) is 7.83. The van der Waals surface area contributed by atoms with Crippen LogP contribution in [0.25, 0.3) is 0 Å². The lowest BCUT2D eigenvalue weighted by Crippen LogP contribution is -2.45. The minimum absolute atomic E-state index is 0. The highest BCUT2D eigenvalue weighted by molar-refractivity contribution is 5.85. The van der Waals surface area contributed by atoms with E-state index in [1.165, 1.54) is 38.8 Å². The molecule has 102 valence electrons. The second-order valence-corrected chi connectivity index (χ2v) is 5.20. The first-order valence-electron chi connectivity index (χ1n) is 6.39. The van der Waals surface area contributed by atoms with Crippen LogP contribution in [0.15, 0.2) is 24.3 Å². The van der Waals surface area contributed by atoms with Gasteiger partial charge in [-0.1, -0.05) is 24.3 Å². The summed E-state index contributed by atoms with van der Waals surface area (Å²) >= 11 is 0. The third kappa shape index (κ3) is 3.18. The minimum Gasteiger partial charge on any atom is -0.328 e. The molecule has 4 heteroatoms. The molecule has 18 heavy (non-hydrogen) atoms. The predicted octanol–water partition coefficient (Wildman–Crippen LogP) is 2.42. The monoisotopic (exact) mass is 288 g/mol. The Labute approximate surface area is 122 Å². The lowest BCUT2D eigenvalue weighted by molar-refractivity contribution is 0.157. The summed E-state index contributed by atoms with van der Waals surface area (Å²) in [7, 11) is 0. The molecule has 2 aliphatic rings. The highest BCUT2D eigenvalue weighted by Gasteiger charge is 2.28. The van der Waals surface area contributed by atoms with Gasteiger partial charge in [-0.05, 0) is 49.9 Å². The molecule has 1 aliphatic heterocycles. The molecular weight excluding hydrogens is 267 g/mol. The van der Waals surface area contributed by atoms with Crippen LogP contribution < -0.4 is 5.73 Å². The van der Waals surface area contributed by atoms with Crippen LogP contribution in [0.5, 0.6) is 0 Å². The number of nitrogens with two attached hydrogens (primary N) is 1. The summed E-state index contributed by atoms with van der Waals surface area (Å²) in [6, 6.07) is 10.1. The Morgan fingerprint density at radius 3 is 1.94 bits per heavy atom. The van der Waals surface area contributed by atoms with Gasteiger partial charge in [0.1, 0.15) is 0 Å². The summed E-state index contributed by atoms with van der Waals surface area (Å²) in [4.78, 5) is 2.64. The van der Waals surface area contributed by atoms with Gasteiger partial charge in [-0.2, -0.15) is 0 Å². The Morgan fingerprint density at radius 1 is 0.944 bits per heavy atom. The van der Waals surface area contributed by atoms with Gasteiger partial charge in [0, 0.05) is 12.1 Å². The number of likely N-dealkylation sites (tertiary alicyclic amines) is 1. The Bertz CT molecular complexity index is 351. The van der Waals surface area contributed by atoms with Gasteiger partial charge >= 0.3 is 0 Å². The first-order valence-corrected chi connectivity index (χ1v) is 6.39. The number of fused-ring (bicyclic) bond motifs is 1. The van der Waals surface area contributed by atoms with Crippen molar-refractivity contribution in [1.82, 2.24) is 4.90 Å². The summed E-state index contributed by atoms with van der Waals surface area (Å²) in [6.45, 7) is 2.39. The molecule has 1 fully saturated rings. The summed E-state index contributed by atoms with van der Waals surface area (Å²) in [5.74, 6) is 0. The summed E-state index contributed by atoms with van der Waals surface area (Å²) in [5.41, 5.74) is 9.07. The molecule has 0 bridgehead atoms. The zero-order valence-corrected chi connectivity index (χ0v) is 12.2. The molecule has 0 radical (unpaired) electrons. The molecule has 1 aliphatic carbocycles. The van der Waals surface area contributed by atoms with Crippen molar-refractivity contribution in [1.29, 1.82) is 0 Å². The van der Waals surface area contributed by atoms with E-state index in [0.717, 1.165) is 6.04 Å². The maximum absolute atomic E-state index is 5.95. The predicted molar refractivity (Wildman–Crippen MR) is 80.9 cm³/mol. The number of piperidine rings is 1. The Hall–Kier alpha value is -0.280. The summed E-state index contributed by atoms with van der Waals surface area (Å²) in [5, 5.41) is 0. The van der Waals surface area contributed by atoms with Crippen LogP contribution in [-0.4, -0.2) is 30.1 Å². The van der Waals surface area contributed by atoms with Gasteiger partial charge < -0.3 is 5.73 Å². The quantitative estimate of drug-likeness (QED) is 0.860. The average Bonchev–Trinajstić information content (AvgIpc) is 2.73. The van der Waals surface area contributed by atoms with E-state index >= 15 is 0 Å². The maximum atomic E-state index is 5.95. The van der Waals surface area contributed by atoms with Crippen molar-refractivity contribution in [3.63, 3.8) is 0 Å². The van der Waals surface area contributed by atoms with Crippen LogP contribution in [-0.2, 0) is 12.8 Å². The van der Waals surface area contributed by atoms with Crippen LogP contribution >= 0.6 is 24.8 Å². The van der Waals surface area contributed by atoms with E-state index in [4.69, 9.17) is 5.73 Å². The van der Waals surface area contributed by atoms with E-state index in [9.17, 15) is 0 Å². The second-order valence-electron chi connectivity index (χ2n) is 5.20. The molecular formula is C14H22Cl2N2. The van der Waals surface area contributed by atoms with Crippen molar-refractivity contribution in [3.8, 4) is 0 Å². The lowest BCUT2D eigenvalue weighted by atomic mass is 10.0. The topological polar surface area (TPSA) is 29.3 Å². The van der Waals surface area contributed by atoms with Crippen LogP contribution in [0.1, 0.15) is 24.0 Å². The molecule has 0 aromatic heterocycles. The molecule has 1 aromatic carbocycles. The third-order valence-corrected chi connectivity index (χ3v) is 4.12. The molecule has 1 saturated heterocycles. The van der Waals surface area contributed by atoms with Crippen LogP contribution in [0.2, 0.25) is 0 Å². The SMILES string of the molecule is Cl.Cl.NC1CCN(C2Cc3ccccc3C2)CC1. The number of rotatable bonds is 1. The largest absolute Gasteiger partial charge is 0.328 e. The maximum Gasteiger partial charge on any atom is 0.0176 e. The fourth-order valence-electron chi connectivity index (χ4n) is 3.08. The minimum atomic E-state index is 0. The Balaban J connectivity index is 0.000000810. The van der Waals surface area contributed by atoms with Gasteiger partial charge in [-0.3, -0.25) is 4.90 Å². The smallest absolute Gasteiger partial charge is 0.0176 e. The Morgan fingerprint density at radius 2 is 1.44 bits per heavy atom. The van der Waals surface area contributed by atoms with Crippen molar-refractivity contribution in [2.45, 2.75) is 37.8 Å². The number of halogens is 2. The van der Waals surface area contributed by atoms with Crippen LogP contribution in [0.4, 0.5) is 0 Å². The molecule has 0 spiro atoms. The Kier molecular flexibility index (Phi) is 5.93. The highest BCUT2D eigenvalue weighted by atomic mass is 35.5. The average molecular weight is 289 g/mol. The molecule has 1 aromatic rings. The number of hydrogen-bond acceptors (Lipinski definition) is 2. The van der Waals surface area contributed by atoms with E-state index in [1.807, 2.05) is 0 Å². The van der Waals surface area contributed by atoms with Crippen molar-refractivity contribution >= 4 is 24.8 Å². The molecule has 1 heterocycles. The lowest BCUT2D eigenvalue weighted by Gasteiger charge is -2.34. The van der Waals surface area contributed by atoms with Crippen molar-refractivity contribution in [2.24, 2.45) is 5.73 Å². The molecule has 0 saturated carbocycles. The first kappa shape index (κ1) is 15.8. The van der Waals surface area contributed by atoms with E-state index < -0.39 is 0 Å². The molecule has 0 unspecified atom stereocenters. The van der Waals surface area contributed by atoms with Gasteiger partial charge in [0.2, 0.25) is 0 Å². The normalized spacial score (nSPS) is 20.9. The van der Waals surface area contributed by atoms with Gasteiger partial charge in [-0.15, -0.1) is 24.8 Å². The van der Waals surface area contributed by atoms with Gasteiger partial charge in [-0.25, -0.2) is 0 Å². The van der Waals surface area contributed by atoms with Crippen LogP contribution in [0.3, 0.4) is 0 Å². The molecule has 0 atom stereocenters. The number of nitrogens with zero attached hydrogens (tertiary/aromatic N) is 1. The number of benzene rings is 1. The van der Waals surface area contributed by atoms with Crippen molar-refractivity contribution < 1.29 is 0 Å². The van der Waals surface area contributed by atoms with Crippen LogP contribution in [0, 0.1) is 0 Å². The summed E-state index contributed by atoms with van der Waals surface area (Å²) in [6.07, 6.45) is 4.83. The third-order valence-electron chi connectivity index (χ3n) is 4.12.